The van der Waals surface area contributed by atoms with Crippen molar-refractivity contribution < 1.29 is 22.7 Å². The molecule has 0 fully saturated rings. The molecule has 2 aromatic carbocycles. The van der Waals surface area contributed by atoms with Crippen molar-refractivity contribution in [1.82, 2.24) is 9.78 Å². The number of carbonyl (C=O) groups excluding carboxylic acids is 2. The number of primary amides is 1. The fourth-order valence-electron chi connectivity index (χ4n) is 2.70. The molecule has 30 heavy (non-hydrogen) atoms. The first kappa shape index (κ1) is 21.1. The largest absolute Gasteiger partial charge is 0.462 e. The van der Waals surface area contributed by atoms with Crippen molar-refractivity contribution >= 4 is 27.6 Å². The maximum atomic E-state index is 12.9. The van der Waals surface area contributed by atoms with Gasteiger partial charge in [-0.2, -0.15) is 5.10 Å². The van der Waals surface area contributed by atoms with Gasteiger partial charge in [-0.1, -0.05) is 0 Å². The normalized spacial score (nSPS) is 11.1. The van der Waals surface area contributed by atoms with E-state index in [1.165, 1.54) is 41.1 Å². The van der Waals surface area contributed by atoms with E-state index < -0.39 is 21.9 Å². The molecule has 0 aliphatic carbocycles. The number of rotatable bonds is 7. The van der Waals surface area contributed by atoms with Crippen molar-refractivity contribution in [3.8, 4) is 5.69 Å². The zero-order valence-electron chi connectivity index (χ0n) is 16.3. The van der Waals surface area contributed by atoms with Crippen molar-refractivity contribution in [2.24, 2.45) is 5.73 Å². The van der Waals surface area contributed by atoms with Gasteiger partial charge in [0, 0.05) is 11.8 Å². The summed E-state index contributed by atoms with van der Waals surface area (Å²) in [6, 6.07) is 9.71. The second-order valence-corrected chi connectivity index (χ2v) is 8.09. The Bertz CT molecular complexity index is 1200. The molecule has 0 atom stereocenters. The van der Waals surface area contributed by atoms with Crippen LogP contribution in [0.5, 0.6) is 0 Å². The molecular formula is C20H20N4O5S. The lowest BCUT2D eigenvalue weighted by Crippen LogP contribution is -2.17. The molecule has 0 unspecified atom stereocenters. The van der Waals surface area contributed by atoms with Crippen LogP contribution in [0, 0.1) is 6.92 Å². The summed E-state index contributed by atoms with van der Waals surface area (Å²) in [5.74, 6) is -1.24. The highest BCUT2D eigenvalue weighted by molar-refractivity contribution is 7.92. The summed E-state index contributed by atoms with van der Waals surface area (Å²) in [5, 5.41) is 4.19. The van der Waals surface area contributed by atoms with E-state index in [1.54, 1.807) is 25.4 Å². The van der Waals surface area contributed by atoms with E-state index in [2.05, 4.69) is 9.82 Å². The highest BCUT2D eigenvalue weighted by Crippen LogP contribution is 2.25. The van der Waals surface area contributed by atoms with E-state index >= 15 is 0 Å². The fraction of sp³-hybridized carbons (Fsp3) is 0.150. The Morgan fingerprint density at radius 3 is 2.37 bits per heavy atom. The molecule has 156 valence electrons. The molecule has 0 spiro atoms. The number of aromatic nitrogens is 2. The zero-order chi connectivity index (χ0) is 21.9. The van der Waals surface area contributed by atoms with Crippen LogP contribution in [0.3, 0.4) is 0 Å². The van der Waals surface area contributed by atoms with Crippen LogP contribution in [0.4, 0.5) is 5.69 Å². The summed E-state index contributed by atoms with van der Waals surface area (Å²) in [7, 11) is -4.03. The number of carbonyl (C=O) groups is 2. The topological polar surface area (TPSA) is 133 Å². The molecule has 3 aromatic rings. The van der Waals surface area contributed by atoms with Crippen LogP contribution in [-0.2, 0) is 14.8 Å². The maximum absolute atomic E-state index is 12.9. The first-order chi connectivity index (χ1) is 14.2. The van der Waals surface area contributed by atoms with Crippen LogP contribution >= 0.6 is 0 Å². The molecule has 0 aliphatic heterocycles. The lowest BCUT2D eigenvalue weighted by atomic mass is 10.1. The third kappa shape index (κ3) is 4.49. The summed E-state index contributed by atoms with van der Waals surface area (Å²) in [6.07, 6.45) is 3.33. The first-order valence-corrected chi connectivity index (χ1v) is 10.4. The quantitative estimate of drug-likeness (QED) is 0.555. The van der Waals surface area contributed by atoms with Gasteiger partial charge < -0.3 is 10.5 Å². The molecule has 3 rings (SSSR count). The Labute approximate surface area is 173 Å². The molecule has 9 nitrogen and oxygen atoms in total. The number of hydrogen-bond acceptors (Lipinski definition) is 6. The monoisotopic (exact) mass is 428 g/mol. The summed E-state index contributed by atoms with van der Waals surface area (Å²) in [4.78, 5) is 23.3. The molecule has 0 saturated heterocycles. The van der Waals surface area contributed by atoms with Crippen LogP contribution in [0.15, 0.2) is 59.8 Å². The number of nitrogens with two attached hydrogens (primary N) is 1. The third-order valence-corrected chi connectivity index (χ3v) is 5.54. The number of nitrogens with zero attached hydrogens (tertiary/aromatic N) is 2. The smallest absolute Gasteiger partial charge is 0.338 e. The van der Waals surface area contributed by atoms with E-state index in [0.717, 1.165) is 5.56 Å². The Hall–Kier alpha value is -3.66. The van der Waals surface area contributed by atoms with Crippen LogP contribution in [-0.4, -0.2) is 36.7 Å². The van der Waals surface area contributed by atoms with Gasteiger partial charge in [0.15, 0.2) is 0 Å². The number of amides is 1. The van der Waals surface area contributed by atoms with Crippen molar-refractivity contribution in [1.29, 1.82) is 0 Å². The van der Waals surface area contributed by atoms with Crippen LogP contribution < -0.4 is 10.5 Å². The van der Waals surface area contributed by atoms with Crippen LogP contribution in [0.1, 0.15) is 33.2 Å². The minimum Gasteiger partial charge on any atom is -0.462 e. The van der Waals surface area contributed by atoms with Gasteiger partial charge in [0.1, 0.15) is 0 Å². The van der Waals surface area contributed by atoms with Crippen molar-refractivity contribution in [3.05, 3.63) is 71.5 Å². The Morgan fingerprint density at radius 2 is 1.80 bits per heavy atom. The Kier molecular flexibility index (Phi) is 5.88. The van der Waals surface area contributed by atoms with E-state index in [0.29, 0.717) is 5.69 Å². The van der Waals surface area contributed by atoms with Gasteiger partial charge in [0.25, 0.3) is 10.0 Å². The first-order valence-electron chi connectivity index (χ1n) is 8.97. The molecule has 1 amide bonds. The molecular weight excluding hydrogens is 408 g/mol. The summed E-state index contributed by atoms with van der Waals surface area (Å²) in [6.45, 7) is 3.74. The zero-order valence-corrected chi connectivity index (χ0v) is 17.1. The molecule has 3 N–H and O–H groups in total. The molecule has 0 radical (unpaired) electrons. The number of hydrogen-bond donors (Lipinski definition) is 2. The molecule has 0 saturated carbocycles. The maximum Gasteiger partial charge on any atom is 0.338 e. The second-order valence-electron chi connectivity index (χ2n) is 6.41. The lowest BCUT2D eigenvalue weighted by Gasteiger charge is -2.14. The number of ether oxygens (including phenoxy) is 1. The van der Waals surface area contributed by atoms with Crippen LogP contribution in [0.2, 0.25) is 0 Å². The minimum absolute atomic E-state index is 0.0670. The van der Waals surface area contributed by atoms with Gasteiger partial charge >= 0.3 is 5.97 Å². The number of benzene rings is 2. The summed E-state index contributed by atoms with van der Waals surface area (Å²) in [5.41, 5.74) is 7.13. The van der Waals surface area contributed by atoms with Gasteiger partial charge in [-0.3, -0.25) is 9.52 Å². The molecule has 0 bridgehead atoms. The summed E-state index contributed by atoms with van der Waals surface area (Å²) >= 11 is 0. The predicted octanol–water partition coefficient (Wildman–Crippen LogP) is 2.26. The molecule has 1 aromatic heterocycles. The third-order valence-electron chi connectivity index (χ3n) is 4.16. The van der Waals surface area contributed by atoms with Gasteiger partial charge in [-0.15, -0.1) is 0 Å². The number of aryl methyl sites for hydroxylation is 1. The number of sulfonamides is 1. The predicted molar refractivity (Wildman–Crippen MR) is 110 cm³/mol. The molecule has 0 aliphatic rings. The van der Waals surface area contributed by atoms with E-state index in [-0.39, 0.29) is 28.3 Å². The van der Waals surface area contributed by atoms with Crippen molar-refractivity contribution in [2.45, 2.75) is 18.7 Å². The highest BCUT2D eigenvalue weighted by Gasteiger charge is 2.19. The minimum atomic E-state index is -4.03. The average Bonchev–Trinajstić information content (AvgIpc) is 3.14. The molecule has 10 heteroatoms. The van der Waals surface area contributed by atoms with Gasteiger partial charge in [0.2, 0.25) is 5.91 Å². The van der Waals surface area contributed by atoms with Crippen molar-refractivity contribution in [3.63, 3.8) is 0 Å². The van der Waals surface area contributed by atoms with Gasteiger partial charge in [-0.05, 0) is 61.9 Å². The van der Waals surface area contributed by atoms with E-state index in [1.807, 2.05) is 6.92 Å². The SMILES string of the molecule is CCOC(=O)c1ccc(S(=O)(=O)Nc2cc(C(N)=O)ccc2-n2cc(C)cn2)cc1. The highest BCUT2D eigenvalue weighted by atomic mass is 32.2. The Morgan fingerprint density at radius 1 is 1.13 bits per heavy atom. The van der Waals surface area contributed by atoms with E-state index in [4.69, 9.17) is 10.5 Å². The number of anilines is 1. The lowest BCUT2D eigenvalue weighted by molar-refractivity contribution is 0.0526. The summed E-state index contributed by atoms with van der Waals surface area (Å²) < 4.78 is 34.7. The average molecular weight is 428 g/mol. The van der Waals surface area contributed by atoms with E-state index in [9.17, 15) is 18.0 Å². The Balaban J connectivity index is 1.98. The number of nitrogens with one attached hydrogen (secondary N) is 1. The van der Waals surface area contributed by atoms with Crippen LogP contribution in [0.25, 0.3) is 5.69 Å². The van der Waals surface area contributed by atoms with Crippen molar-refractivity contribution in [2.75, 3.05) is 11.3 Å². The van der Waals surface area contributed by atoms with Gasteiger partial charge in [0.05, 0.1) is 34.6 Å². The second kappa shape index (κ2) is 8.37. The molecule has 1 heterocycles. The fourth-order valence-corrected chi connectivity index (χ4v) is 3.77. The van der Waals surface area contributed by atoms with Gasteiger partial charge in [-0.25, -0.2) is 17.9 Å². The standard InChI is InChI=1S/C20H20N4O5S/c1-3-29-20(26)14-4-7-16(8-5-14)30(27,28)23-17-10-15(19(21)25)6-9-18(17)24-12-13(2)11-22-24/h4-12,23H,3H2,1-2H3,(H2,21,25). The number of esters is 1.